The van der Waals surface area contributed by atoms with Gasteiger partial charge in [0.15, 0.2) is 6.10 Å². The van der Waals surface area contributed by atoms with Gasteiger partial charge >= 0.3 is 12.1 Å². The summed E-state index contributed by atoms with van der Waals surface area (Å²) in [6, 6.07) is -0.772. The highest BCUT2D eigenvalue weighted by Gasteiger charge is 2.69. The third-order valence-corrected chi connectivity index (χ3v) is 5.40. The molecule has 10 heteroatoms. The Balaban J connectivity index is 2.29. The number of nitrogens with zero attached hydrogens (tertiary/aromatic N) is 1. The van der Waals surface area contributed by atoms with E-state index in [4.69, 9.17) is 14.2 Å². The molecule has 2 aliphatic rings. The lowest BCUT2D eigenvalue weighted by Gasteiger charge is -2.35. The molecule has 1 amide bonds. The molecule has 28 heavy (non-hydrogen) atoms. The third kappa shape index (κ3) is 4.53. The molecular weight excluding hydrogens is 372 g/mol. The minimum atomic E-state index is -1.49. The van der Waals surface area contributed by atoms with Gasteiger partial charge in [0.05, 0.1) is 19.1 Å². The van der Waals surface area contributed by atoms with Crippen molar-refractivity contribution in [2.75, 3.05) is 7.11 Å². The van der Waals surface area contributed by atoms with Crippen LogP contribution in [0.1, 0.15) is 52.9 Å². The standard InChI is InChI=1S/C18H28N2O8/c1-17(2,3)28-16(23)19-13-11(12(13)15(22)26-4)14(27-10-21)18(20(24)25)8-6-5-7-9-18/h10-14H,5-9H2,1-4H3,(H,19,23)/t11-,12-,13-,14+/m1/s1. The summed E-state index contributed by atoms with van der Waals surface area (Å²) >= 11 is 0. The molecule has 0 spiro atoms. The first-order chi connectivity index (χ1) is 13.1. The van der Waals surface area contributed by atoms with E-state index in [2.05, 4.69) is 5.32 Å². The van der Waals surface area contributed by atoms with Crippen LogP contribution in [-0.4, -0.2) is 53.9 Å². The summed E-state index contributed by atoms with van der Waals surface area (Å²) in [7, 11) is 1.20. The largest absolute Gasteiger partial charge is 0.469 e. The molecule has 0 unspecified atom stereocenters. The molecule has 0 radical (unpaired) electrons. The average Bonchev–Trinajstić information content (AvgIpc) is 3.30. The predicted molar refractivity (Wildman–Crippen MR) is 95.9 cm³/mol. The van der Waals surface area contributed by atoms with Gasteiger partial charge in [0.25, 0.3) is 12.0 Å². The number of carbonyl (C=O) groups excluding carboxylic acids is 3. The SMILES string of the molecule is COC(=O)[C@H]1[C@H](NC(=O)OC(C)(C)C)[C@@H]1[C@H](OC=O)C1([N+](=O)[O-])CCCCC1. The molecule has 1 N–H and O–H groups in total. The first kappa shape index (κ1) is 21.9. The van der Waals surface area contributed by atoms with Gasteiger partial charge in [-0.3, -0.25) is 19.7 Å². The van der Waals surface area contributed by atoms with Crippen molar-refractivity contribution in [1.29, 1.82) is 0 Å². The van der Waals surface area contributed by atoms with E-state index in [1.165, 1.54) is 7.11 Å². The van der Waals surface area contributed by atoms with E-state index in [1.807, 2.05) is 0 Å². The molecule has 4 atom stereocenters. The first-order valence-electron chi connectivity index (χ1n) is 9.38. The van der Waals surface area contributed by atoms with Crippen LogP contribution in [0.3, 0.4) is 0 Å². The summed E-state index contributed by atoms with van der Waals surface area (Å²) in [5, 5.41) is 14.5. The predicted octanol–water partition coefficient (Wildman–Crippen LogP) is 1.82. The summed E-state index contributed by atoms with van der Waals surface area (Å²) < 4.78 is 15.2. The zero-order chi connectivity index (χ0) is 21.1. The van der Waals surface area contributed by atoms with Gasteiger partial charge < -0.3 is 19.5 Å². The van der Waals surface area contributed by atoms with E-state index in [9.17, 15) is 24.5 Å². The quantitative estimate of drug-likeness (QED) is 0.225. The lowest BCUT2D eigenvalue weighted by molar-refractivity contribution is -0.588. The Kier molecular flexibility index (Phi) is 6.51. The van der Waals surface area contributed by atoms with Crippen LogP contribution in [0.4, 0.5) is 4.79 Å². The first-order valence-corrected chi connectivity index (χ1v) is 9.38. The van der Waals surface area contributed by atoms with Crippen LogP contribution in [0, 0.1) is 22.0 Å². The van der Waals surface area contributed by atoms with Crippen LogP contribution >= 0.6 is 0 Å². The fourth-order valence-electron chi connectivity index (χ4n) is 4.15. The second-order valence-electron chi connectivity index (χ2n) is 8.37. The van der Waals surface area contributed by atoms with Crippen molar-refractivity contribution in [3.63, 3.8) is 0 Å². The number of amides is 1. The molecule has 0 saturated heterocycles. The number of ether oxygens (including phenoxy) is 3. The van der Waals surface area contributed by atoms with E-state index in [0.717, 1.165) is 6.42 Å². The minimum absolute atomic E-state index is 0.168. The zero-order valence-electron chi connectivity index (χ0n) is 16.6. The molecule has 0 aliphatic heterocycles. The lowest BCUT2D eigenvalue weighted by atomic mass is 9.76. The summed E-state index contributed by atoms with van der Waals surface area (Å²) in [4.78, 5) is 47.1. The van der Waals surface area contributed by atoms with Crippen molar-refractivity contribution in [3.8, 4) is 0 Å². The lowest BCUT2D eigenvalue weighted by Crippen LogP contribution is -2.54. The maximum absolute atomic E-state index is 12.2. The van der Waals surface area contributed by atoms with Crippen LogP contribution in [0.2, 0.25) is 0 Å². The molecule has 0 aromatic heterocycles. The monoisotopic (exact) mass is 400 g/mol. The molecule has 0 aromatic rings. The number of nitrogens with one attached hydrogen (secondary N) is 1. The third-order valence-electron chi connectivity index (χ3n) is 5.40. The van der Waals surface area contributed by atoms with Gasteiger partial charge in [-0.05, 0) is 33.6 Å². The molecule has 2 fully saturated rings. The van der Waals surface area contributed by atoms with Crippen LogP contribution in [0.25, 0.3) is 0 Å². The number of esters is 1. The topological polar surface area (TPSA) is 134 Å². The van der Waals surface area contributed by atoms with Gasteiger partial charge in [-0.1, -0.05) is 6.42 Å². The van der Waals surface area contributed by atoms with E-state index in [1.54, 1.807) is 20.8 Å². The van der Waals surface area contributed by atoms with E-state index < -0.39 is 52.1 Å². The highest BCUT2D eigenvalue weighted by molar-refractivity contribution is 5.80. The summed E-state index contributed by atoms with van der Waals surface area (Å²) in [5.74, 6) is -2.23. The van der Waals surface area contributed by atoms with Crippen molar-refractivity contribution in [2.24, 2.45) is 11.8 Å². The number of methoxy groups -OCH3 is 1. The van der Waals surface area contributed by atoms with Crippen molar-refractivity contribution < 1.29 is 33.5 Å². The highest BCUT2D eigenvalue weighted by Crippen LogP contribution is 2.50. The Hall–Kier alpha value is -2.39. The maximum atomic E-state index is 12.2. The number of hydrogen-bond donors (Lipinski definition) is 1. The fraction of sp³-hybridized carbons (Fsp3) is 0.833. The molecule has 0 bridgehead atoms. The van der Waals surface area contributed by atoms with Gasteiger partial charge in [-0.25, -0.2) is 4.79 Å². The van der Waals surface area contributed by atoms with E-state index in [-0.39, 0.29) is 19.3 Å². The Morgan fingerprint density at radius 1 is 1.25 bits per heavy atom. The molecule has 2 aliphatic carbocycles. The molecule has 0 aromatic carbocycles. The maximum Gasteiger partial charge on any atom is 0.407 e. The summed E-state index contributed by atoms with van der Waals surface area (Å²) in [6.45, 7) is 5.24. The molecule has 2 saturated carbocycles. The van der Waals surface area contributed by atoms with Gasteiger partial charge in [0.2, 0.25) is 0 Å². The Morgan fingerprint density at radius 3 is 2.32 bits per heavy atom. The molecular formula is C18H28N2O8. The van der Waals surface area contributed by atoms with E-state index >= 15 is 0 Å². The van der Waals surface area contributed by atoms with Crippen LogP contribution in [0.5, 0.6) is 0 Å². The number of rotatable bonds is 7. The zero-order valence-corrected chi connectivity index (χ0v) is 16.6. The molecule has 158 valence electrons. The van der Waals surface area contributed by atoms with E-state index in [0.29, 0.717) is 12.8 Å². The smallest absolute Gasteiger partial charge is 0.407 e. The van der Waals surface area contributed by atoms with Crippen molar-refractivity contribution >= 4 is 18.5 Å². The molecule has 0 heterocycles. The Morgan fingerprint density at radius 2 is 1.86 bits per heavy atom. The van der Waals surface area contributed by atoms with Crippen molar-refractivity contribution in [1.82, 2.24) is 5.32 Å². The Labute approximate surface area is 163 Å². The normalized spacial score (nSPS) is 27.1. The van der Waals surface area contributed by atoms with Crippen LogP contribution < -0.4 is 5.32 Å². The summed E-state index contributed by atoms with van der Waals surface area (Å²) in [6.07, 6.45) is 0.679. The number of hydrogen-bond acceptors (Lipinski definition) is 8. The van der Waals surface area contributed by atoms with Gasteiger partial charge in [0, 0.05) is 23.7 Å². The minimum Gasteiger partial charge on any atom is -0.469 e. The van der Waals surface area contributed by atoms with Gasteiger partial charge in [-0.2, -0.15) is 0 Å². The van der Waals surface area contributed by atoms with Crippen molar-refractivity contribution in [2.45, 2.75) is 76.2 Å². The second-order valence-corrected chi connectivity index (χ2v) is 8.37. The number of carbonyl (C=O) groups is 3. The van der Waals surface area contributed by atoms with Gasteiger partial charge in [0.1, 0.15) is 5.60 Å². The number of alkyl carbamates (subject to hydrolysis) is 1. The fourth-order valence-corrected chi connectivity index (χ4v) is 4.15. The average molecular weight is 400 g/mol. The van der Waals surface area contributed by atoms with Crippen molar-refractivity contribution in [3.05, 3.63) is 10.1 Å². The molecule has 10 nitrogen and oxygen atoms in total. The summed E-state index contributed by atoms with van der Waals surface area (Å²) in [5.41, 5.74) is -2.24. The second kappa shape index (κ2) is 8.32. The van der Waals surface area contributed by atoms with Gasteiger partial charge in [-0.15, -0.1) is 0 Å². The Bertz CT molecular complexity index is 624. The van der Waals surface area contributed by atoms with Crippen LogP contribution in [-0.2, 0) is 23.8 Å². The number of nitro groups is 1. The molecule has 2 rings (SSSR count). The highest BCUT2D eigenvalue weighted by atomic mass is 16.6. The van der Waals surface area contributed by atoms with Crippen LogP contribution in [0.15, 0.2) is 0 Å².